The summed E-state index contributed by atoms with van der Waals surface area (Å²) in [7, 11) is 0. The molecule has 0 heterocycles. The maximum atomic E-state index is 10.5. The molecule has 1 radical (unpaired) electrons. The Hall–Kier alpha value is -0.375. The van der Waals surface area contributed by atoms with Crippen molar-refractivity contribution in [3.8, 4) is 0 Å². The summed E-state index contributed by atoms with van der Waals surface area (Å²) in [4.78, 5) is 10.5. The van der Waals surface area contributed by atoms with Crippen molar-refractivity contribution in [2.75, 3.05) is 0 Å². The smallest absolute Gasteiger partial charge is 0.545 e. The molecule has 0 spiro atoms. The summed E-state index contributed by atoms with van der Waals surface area (Å²) in [5.41, 5.74) is 1.82. The third-order valence-corrected chi connectivity index (χ3v) is 1.69. The topological polar surface area (TPSA) is 40.1 Å². The fraction of sp³-hybridized carbons (Fsp3) is 0.222. The monoisotopic (exact) mass is 351 g/mol. The largest absolute Gasteiger partial charge is 1.00 e. The summed E-state index contributed by atoms with van der Waals surface area (Å²) in [5, 5.41) is 10.5. The van der Waals surface area contributed by atoms with E-state index in [-0.39, 0.29) is 27.7 Å². The van der Waals surface area contributed by atoms with E-state index in [2.05, 4.69) is 0 Å². The SMILES string of the molecule is Cc1cccc(C)c1C(=O)[O-].[Hg+]. The molecule has 2 nitrogen and oxygen atoms in total. The van der Waals surface area contributed by atoms with Crippen molar-refractivity contribution in [3.63, 3.8) is 0 Å². The van der Waals surface area contributed by atoms with Gasteiger partial charge in [-0.25, -0.2) is 0 Å². The molecule has 1 rings (SSSR count). The molecule has 0 aliphatic heterocycles. The zero-order valence-corrected chi connectivity index (χ0v) is 12.8. The summed E-state index contributed by atoms with van der Waals surface area (Å²) in [5.74, 6) is -1.10. The van der Waals surface area contributed by atoms with E-state index in [0.717, 1.165) is 11.1 Å². The van der Waals surface area contributed by atoms with Crippen LogP contribution in [0.5, 0.6) is 0 Å². The molecule has 0 amide bonds. The number of hydrogen-bond donors (Lipinski definition) is 0. The van der Waals surface area contributed by atoms with Gasteiger partial charge in [0.2, 0.25) is 0 Å². The first-order valence-corrected chi connectivity index (χ1v) is 3.40. The first kappa shape index (κ1) is 11.6. The van der Waals surface area contributed by atoms with Gasteiger partial charge in [-0.2, -0.15) is 0 Å². The molecule has 0 aliphatic carbocycles. The molecule has 0 unspecified atom stereocenters. The van der Waals surface area contributed by atoms with Crippen LogP contribution < -0.4 is 5.11 Å². The fourth-order valence-electron chi connectivity index (χ4n) is 1.14. The number of benzene rings is 1. The molecule has 0 aliphatic rings. The Labute approximate surface area is 92.1 Å². The molecule has 3 heteroatoms. The molecule has 0 atom stereocenters. The van der Waals surface area contributed by atoms with Gasteiger partial charge >= 0.3 is 27.7 Å². The van der Waals surface area contributed by atoms with Crippen LogP contribution in [0.15, 0.2) is 18.2 Å². The molecule has 0 N–H and O–H groups in total. The maximum Gasteiger partial charge on any atom is 1.00 e. The second kappa shape index (κ2) is 4.60. The Kier molecular flexibility index (Phi) is 4.46. The molecule has 1 aromatic rings. The van der Waals surface area contributed by atoms with Gasteiger partial charge in [0, 0.05) is 5.56 Å². The van der Waals surface area contributed by atoms with Crippen molar-refractivity contribution in [2.24, 2.45) is 0 Å². The number of carboxylic acid groups (broad SMARTS) is 1. The first-order chi connectivity index (χ1) is 5.13. The van der Waals surface area contributed by atoms with E-state index >= 15 is 0 Å². The van der Waals surface area contributed by atoms with Crippen LogP contribution >= 0.6 is 0 Å². The molecular formula is C9H9HgO2. The van der Waals surface area contributed by atoms with Crippen LogP contribution in [0, 0.1) is 13.8 Å². The van der Waals surface area contributed by atoms with Crippen molar-refractivity contribution >= 4 is 5.97 Å². The van der Waals surface area contributed by atoms with Crippen molar-refractivity contribution in [3.05, 3.63) is 34.9 Å². The average Bonchev–Trinajstić information content (AvgIpc) is 1.85. The van der Waals surface area contributed by atoms with Crippen molar-refractivity contribution < 1.29 is 37.6 Å². The van der Waals surface area contributed by atoms with Crippen molar-refractivity contribution in [2.45, 2.75) is 13.8 Å². The predicted molar refractivity (Wildman–Crippen MR) is 40.2 cm³/mol. The number of carboxylic acids is 1. The van der Waals surface area contributed by atoms with Crippen molar-refractivity contribution in [1.82, 2.24) is 0 Å². The second-order valence-electron chi connectivity index (χ2n) is 2.55. The van der Waals surface area contributed by atoms with Crippen LogP contribution in [-0.4, -0.2) is 5.97 Å². The van der Waals surface area contributed by atoms with E-state index in [0.29, 0.717) is 5.56 Å². The molecule has 0 bridgehead atoms. The van der Waals surface area contributed by atoms with Crippen LogP contribution in [0.4, 0.5) is 0 Å². The summed E-state index contributed by atoms with van der Waals surface area (Å²) < 4.78 is 0. The number of carbonyl (C=O) groups excluding carboxylic acids is 1. The maximum absolute atomic E-state index is 10.5. The number of hydrogen-bond acceptors (Lipinski definition) is 2. The second-order valence-corrected chi connectivity index (χ2v) is 2.55. The van der Waals surface area contributed by atoms with E-state index in [4.69, 9.17) is 0 Å². The Balaban J connectivity index is 0.00000121. The molecule has 0 aromatic heterocycles. The van der Waals surface area contributed by atoms with Gasteiger partial charge in [-0.3, -0.25) is 0 Å². The molecule has 0 fully saturated rings. The van der Waals surface area contributed by atoms with Crippen LogP contribution in [0.3, 0.4) is 0 Å². The van der Waals surface area contributed by atoms with Gasteiger partial charge in [0.1, 0.15) is 0 Å². The molecule has 0 saturated carbocycles. The van der Waals surface area contributed by atoms with E-state index in [1.54, 1.807) is 26.0 Å². The Morgan fingerprint density at radius 2 is 1.67 bits per heavy atom. The zero-order chi connectivity index (χ0) is 8.43. The number of carbonyl (C=O) groups is 1. The van der Waals surface area contributed by atoms with Crippen molar-refractivity contribution in [1.29, 1.82) is 0 Å². The van der Waals surface area contributed by atoms with Gasteiger partial charge in [-0.1, -0.05) is 18.2 Å². The summed E-state index contributed by atoms with van der Waals surface area (Å²) in [6.07, 6.45) is 0. The van der Waals surface area contributed by atoms with Gasteiger partial charge in [0.15, 0.2) is 0 Å². The molecular weight excluding hydrogens is 341 g/mol. The minimum absolute atomic E-state index is 0. The predicted octanol–water partition coefficient (Wildman–Crippen LogP) is 0.664. The van der Waals surface area contributed by atoms with E-state index in [1.165, 1.54) is 0 Å². The van der Waals surface area contributed by atoms with Gasteiger partial charge in [0.05, 0.1) is 5.97 Å². The van der Waals surface area contributed by atoms with Crippen LogP contribution in [0.1, 0.15) is 21.5 Å². The summed E-state index contributed by atoms with van der Waals surface area (Å²) in [6.45, 7) is 3.52. The number of aryl methyl sites for hydroxylation is 2. The Morgan fingerprint density at radius 1 is 1.25 bits per heavy atom. The molecule has 0 saturated heterocycles. The van der Waals surface area contributed by atoms with E-state index < -0.39 is 5.97 Å². The van der Waals surface area contributed by atoms with Crippen LogP contribution in [0.25, 0.3) is 0 Å². The van der Waals surface area contributed by atoms with E-state index in [9.17, 15) is 9.90 Å². The Bertz CT molecular complexity index is 274. The summed E-state index contributed by atoms with van der Waals surface area (Å²) in [6, 6.07) is 5.35. The minimum Gasteiger partial charge on any atom is -0.545 e. The Morgan fingerprint density at radius 3 is 1.92 bits per heavy atom. The number of rotatable bonds is 1. The molecule has 1 aromatic carbocycles. The first-order valence-electron chi connectivity index (χ1n) is 3.40. The third-order valence-electron chi connectivity index (χ3n) is 1.69. The molecule has 12 heavy (non-hydrogen) atoms. The van der Waals surface area contributed by atoms with Gasteiger partial charge < -0.3 is 9.90 Å². The minimum atomic E-state index is -1.10. The molecule has 59 valence electrons. The zero-order valence-electron chi connectivity index (χ0n) is 7.26. The van der Waals surface area contributed by atoms with Gasteiger partial charge in [0.25, 0.3) is 0 Å². The normalized spacial score (nSPS) is 8.83. The third kappa shape index (κ3) is 2.30. The van der Waals surface area contributed by atoms with Crippen LogP contribution in [-0.2, 0) is 27.7 Å². The standard InChI is InChI=1S/C9H10O2.Hg/c1-6-4-3-5-7(2)8(6)9(10)11;/h3-5H,1-2H3,(H,10,11);/q;+1/p-1. The average molecular weight is 350 g/mol. The summed E-state index contributed by atoms with van der Waals surface area (Å²) >= 11 is 0. The van der Waals surface area contributed by atoms with E-state index in [1.807, 2.05) is 6.07 Å². The van der Waals surface area contributed by atoms with Crippen LogP contribution in [0.2, 0.25) is 0 Å². The number of aromatic carboxylic acids is 1. The van der Waals surface area contributed by atoms with Gasteiger partial charge in [-0.05, 0) is 25.0 Å². The fourth-order valence-corrected chi connectivity index (χ4v) is 1.14. The quantitative estimate of drug-likeness (QED) is 0.699. The van der Waals surface area contributed by atoms with Gasteiger partial charge in [-0.15, -0.1) is 0 Å².